The van der Waals surface area contributed by atoms with Gasteiger partial charge >= 0.3 is 6.18 Å². The van der Waals surface area contributed by atoms with E-state index >= 15 is 4.39 Å². The number of carbonyl (C=O) groups excluding carboxylic acids is 2. The van der Waals surface area contributed by atoms with Crippen LogP contribution in [0.3, 0.4) is 0 Å². The standard InChI is InChI=1S/C24H20Cl3F6NO2/c1-12-7-13(3-4-15(12)20(35)5-6-21(36)34-11-24(31,32)33)19(28)10-16(23(2,29)30)14-8-17(25)22(27)18(26)9-14/h3-4,7-10,16H,5-6,11H2,1-2H3,(H,34,36)/b19-10-. The Morgan fingerprint density at radius 1 is 1.00 bits per heavy atom. The van der Waals surface area contributed by atoms with Gasteiger partial charge in [0.25, 0.3) is 5.92 Å². The van der Waals surface area contributed by atoms with Crippen LogP contribution in [0.2, 0.25) is 15.1 Å². The number of carbonyl (C=O) groups is 2. The van der Waals surface area contributed by atoms with E-state index in [-0.39, 0.29) is 43.7 Å². The summed E-state index contributed by atoms with van der Waals surface area (Å²) in [6.07, 6.45) is -4.71. The normalized spacial score (nSPS) is 13.5. The van der Waals surface area contributed by atoms with E-state index in [9.17, 15) is 31.5 Å². The fraction of sp³-hybridized carbons (Fsp3) is 0.333. The molecule has 0 heterocycles. The minimum Gasteiger partial charge on any atom is -0.347 e. The Morgan fingerprint density at radius 2 is 1.58 bits per heavy atom. The number of aryl methyl sites for hydroxylation is 1. The Labute approximate surface area is 218 Å². The second-order valence-corrected chi connectivity index (χ2v) is 9.28. The third kappa shape index (κ3) is 8.42. The van der Waals surface area contributed by atoms with Gasteiger partial charge in [-0.05, 0) is 42.3 Å². The topological polar surface area (TPSA) is 46.2 Å². The maximum Gasteiger partial charge on any atom is 0.405 e. The predicted octanol–water partition coefficient (Wildman–Crippen LogP) is 8.35. The van der Waals surface area contributed by atoms with E-state index in [2.05, 4.69) is 0 Å². The predicted molar refractivity (Wildman–Crippen MR) is 128 cm³/mol. The summed E-state index contributed by atoms with van der Waals surface area (Å²) in [7, 11) is 0. The summed E-state index contributed by atoms with van der Waals surface area (Å²) < 4.78 is 80.2. The summed E-state index contributed by atoms with van der Waals surface area (Å²) in [5.74, 6) is -7.65. The van der Waals surface area contributed by atoms with Gasteiger partial charge in [-0.25, -0.2) is 13.2 Å². The first-order chi connectivity index (χ1) is 16.5. The number of alkyl halides is 5. The lowest BCUT2D eigenvalue weighted by Gasteiger charge is -2.22. The van der Waals surface area contributed by atoms with Crippen molar-refractivity contribution in [3.8, 4) is 0 Å². The number of hydrogen-bond donors (Lipinski definition) is 1. The van der Waals surface area contributed by atoms with Crippen LogP contribution in [0.15, 0.2) is 36.4 Å². The van der Waals surface area contributed by atoms with Crippen LogP contribution in [0.4, 0.5) is 26.3 Å². The fourth-order valence-electron chi connectivity index (χ4n) is 3.31. The molecule has 3 nitrogen and oxygen atoms in total. The van der Waals surface area contributed by atoms with E-state index in [0.29, 0.717) is 13.0 Å². The highest BCUT2D eigenvalue weighted by molar-refractivity contribution is 6.48. The number of rotatable bonds is 9. The van der Waals surface area contributed by atoms with Crippen molar-refractivity contribution in [2.45, 2.75) is 44.7 Å². The van der Waals surface area contributed by atoms with Crippen molar-refractivity contribution < 1.29 is 35.9 Å². The third-order valence-electron chi connectivity index (χ3n) is 5.09. The van der Waals surface area contributed by atoms with Gasteiger partial charge < -0.3 is 5.32 Å². The van der Waals surface area contributed by atoms with Crippen LogP contribution in [0.1, 0.15) is 52.7 Å². The number of halogens is 9. The number of nitrogens with one attached hydrogen (secondary N) is 1. The van der Waals surface area contributed by atoms with Gasteiger partial charge in [0.1, 0.15) is 12.4 Å². The summed E-state index contributed by atoms with van der Waals surface area (Å²) in [6.45, 7) is 0.569. The summed E-state index contributed by atoms with van der Waals surface area (Å²) in [5.41, 5.74) is 0.245. The first kappa shape index (κ1) is 30.0. The lowest BCUT2D eigenvalue weighted by molar-refractivity contribution is -0.138. The van der Waals surface area contributed by atoms with Gasteiger partial charge in [0, 0.05) is 30.9 Å². The number of Topliss-reactive ketones (excluding diaryl/α,β-unsaturated/α-hetero) is 1. The molecule has 0 aliphatic rings. The molecule has 36 heavy (non-hydrogen) atoms. The minimum absolute atomic E-state index is 0.0292. The molecule has 0 spiro atoms. The van der Waals surface area contributed by atoms with Crippen LogP contribution >= 0.6 is 34.8 Å². The molecule has 1 amide bonds. The maximum absolute atomic E-state index is 15.0. The molecule has 0 aliphatic heterocycles. The van der Waals surface area contributed by atoms with Crippen LogP contribution in [-0.4, -0.2) is 30.3 Å². The first-order valence-corrected chi connectivity index (χ1v) is 11.5. The van der Waals surface area contributed by atoms with Crippen molar-refractivity contribution in [2.24, 2.45) is 0 Å². The van der Waals surface area contributed by atoms with Gasteiger partial charge in [0.15, 0.2) is 5.78 Å². The van der Waals surface area contributed by atoms with E-state index in [1.807, 2.05) is 0 Å². The number of allylic oxidation sites excluding steroid dienone is 1. The van der Waals surface area contributed by atoms with Gasteiger partial charge in [-0.2, -0.15) is 13.2 Å². The molecule has 1 unspecified atom stereocenters. The minimum atomic E-state index is -4.57. The van der Waals surface area contributed by atoms with Gasteiger partial charge in [-0.1, -0.05) is 46.9 Å². The highest BCUT2D eigenvalue weighted by Crippen LogP contribution is 2.41. The van der Waals surface area contributed by atoms with Crippen molar-refractivity contribution in [1.29, 1.82) is 0 Å². The van der Waals surface area contributed by atoms with E-state index in [1.165, 1.54) is 37.3 Å². The van der Waals surface area contributed by atoms with Gasteiger partial charge in [-0.15, -0.1) is 0 Å². The molecule has 2 aromatic carbocycles. The van der Waals surface area contributed by atoms with Crippen molar-refractivity contribution in [3.63, 3.8) is 0 Å². The molecule has 1 N–H and O–H groups in total. The quantitative estimate of drug-likeness (QED) is 0.186. The molecule has 0 radical (unpaired) electrons. The molecule has 0 fully saturated rings. The molecular weight excluding hydrogens is 555 g/mol. The molecule has 0 aliphatic carbocycles. The highest BCUT2D eigenvalue weighted by Gasteiger charge is 2.35. The van der Waals surface area contributed by atoms with E-state index in [0.717, 1.165) is 0 Å². The lowest BCUT2D eigenvalue weighted by atomic mass is 9.91. The largest absolute Gasteiger partial charge is 0.405 e. The second kappa shape index (κ2) is 11.9. The Hall–Kier alpha value is -2.23. The number of ketones is 1. The number of benzene rings is 2. The maximum atomic E-state index is 15.0. The third-order valence-corrected chi connectivity index (χ3v) is 6.29. The van der Waals surface area contributed by atoms with E-state index in [4.69, 9.17) is 34.8 Å². The van der Waals surface area contributed by atoms with Crippen molar-refractivity contribution in [3.05, 3.63) is 73.7 Å². The van der Waals surface area contributed by atoms with Crippen LogP contribution in [-0.2, 0) is 4.79 Å². The smallest absolute Gasteiger partial charge is 0.347 e. The van der Waals surface area contributed by atoms with Crippen molar-refractivity contribution >= 4 is 52.3 Å². The van der Waals surface area contributed by atoms with Crippen LogP contribution in [0.25, 0.3) is 5.83 Å². The number of hydrogen-bond acceptors (Lipinski definition) is 2. The highest BCUT2D eigenvalue weighted by atomic mass is 35.5. The molecule has 12 heteroatoms. The Bertz CT molecular complexity index is 1150. The molecule has 2 rings (SSSR count). The van der Waals surface area contributed by atoms with Gasteiger partial charge in [-0.3, -0.25) is 9.59 Å². The summed E-state index contributed by atoms with van der Waals surface area (Å²) in [5, 5.41) is 1.48. The summed E-state index contributed by atoms with van der Waals surface area (Å²) >= 11 is 17.7. The lowest BCUT2D eigenvalue weighted by Crippen LogP contribution is -2.33. The van der Waals surface area contributed by atoms with E-state index in [1.54, 1.807) is 5.32 Å². The van der Waals surface area contributed by atoms with Crippen molar-refractivity contribution in [1.82, 2.24) is 5.32 Å². The van der Waals surface area contributed by atoms with Crippen LogP contribution in [0, 0.1) is 6.92 Å². The Morgan fingerprint density at radius 3 is 2.08 bits per heavy atom. The van der Waals surface area contributed by atoms with Gasteiger partial charge in [0.05, 0.1) is 21.0 Å². The van der Waals surface area contributed by atoms with Crippen molar-refractivity contribution in [2.75, 3.05) is 6.54 Å². The van der Waals surface area contributed by atoms with Gasteiger partial charge in [0.2, 0.25) is 5.91 Å². The van der Waals surface area contributed by atoms with Crippen LogP contribution in [0.5, 0.6) is 0 Å². The van der Waals surface area contributed by atoms with Crippen LogP contribution < -0.4 is 5.32 Å². The molecule has 2 aromatic rings. The molecule has 0 saturated carbocycles. The molecular formula is C24H20Cl3F6NO2. The average Bonchev–Trinajstić information content (AvgIpc) is 2.76. The molecule has 196 valence electrons. The molecule has 1 atom stereocenters. The SMILES string of the molecule is Cc1cc(/C(F)=C/C(c2cc(Cl)c(Cl)c(Cl)c2)C(C)(F)F)ccc1C(=O)CCC(=O)NCC(F)(F)F. The van der Waals surface area contributed by atoms with E-state index < -0.39 is 48.5 Å². The Balaban J connectivity index is 2.23. The zero-order chi connectivity index (χ0) is 27.4. The Kier molecular flexibility index (Phi) is 9.90. The zero-order valence-electron chi connectivity index (χ0n) is 18.9. The average molecular weight is 575 g/mol. The zero-order valence-corrected chi connectivity index (χ0v) is 21.1. The first-order valence-electron chi connectivity index (χ1n) is 10.4. The summed E-state index contributed by atoms with van der Waals surface area (Å²) in [6, 6.07) is 6.04. The molecule has 0 aromatic heterocycles. The monoisotopic (exact) mass is 573 g/mol. The molecule has 0 saturated heterocycles. The molecule has 0 bridgehead atoms. The fourth-order valence-corrected chi connectivity index (χ4v) is 3.92. The second-order valence-electron chi connectivity index (χ2n) is 8.09. The number of amides is 1. The summed E-state index contributed by atoms with van der Waals surface area (Å²) in [4.78, 5) is 23.9.